The van der Waals surface area contributed by atoms with E-state index in [1.165, 1.54) is 6.42 Å². The summed E-state index contributed by atoms with van der Waals surface area (Å²) < 4.78 is 5.68. The number of carbonyl (C=O) groups is 1. The van der Waals surface area contributed by atoms with Gasteiger partial charge in [0.1, 0.15) is 5.75 Å². The van der Waals surface area contributed by atoms with E-state index in [0.717, 1.165) is 19.4 Å². The molecule has 1 fully saturated rings. The zero-order chi connectivity index (χ0) is 13.8. The van der Waals surface area contributed by atoms with Gasteiger partial charge in [0.2, 0.25) is 0 Å². The first-order chi connectivity index (χ1) is 9.08. The van der Waals surface area contributed by atoms with E-state index in [9.17, 15) is 4.79 Å². The van der Waals surface area contributed by atoms with Crippen molar-refractivity contribution in [2.45, 2.75) is 45.3 Å². The molecule has 1 aliphatic rings. The molecule has 1 heterocycles. The Labute approximate surface area is 119 Å². The summed E-state index contributed by atoms with van der Waals surface area (Å²) in [6.07, 6.45) is 2.89. The Balaban J connectivity index is 1.99. The number of likely N-dealkylation sites (tertiary alicyclic amines) is 1. The summed E-state index contributed by atoms with van der Waals surface area (Å²) in [4.78, 5) is 14.3. The zero-order valence-electron chi connectivity index (χ0n) is 11.4. The maximum atomic E-state index is 12.4. The highest BCUT2D eigenvalue weighted by atomic mass is 35.5. The van der Waals surface area contributed by atoms with E-state index in [2.05, 4.69) is 6.92 Å². The molecule has 2 rings (SSSR count). The second-order valence-electron chi connectivity index (χ2n) is 5.09. The molecule has 0 saturated carbocycles. The van der Waals surface area contributed by atoms with Crippen molar-refractivity contribution in [3.8, 4) is 5.75 Å². The minimum absolute atomic E-state index is 0.0622. The molecule has 0 spiro atoms. The average molecular weight is 282 g/mol. The molecule has 19 heavy (non-hydrogen) atoms. The lowest BCUT2D eigenvalue weighted by Crippen LogP contribution is -2.47. The van der Waals surface area contributed by atoms with Crippen molar-refractivity contribution in [2.24, 2.45) is 0 Å². The highest BCUT2D eigenvalue weighted by Gasteiger charge is 2.27. The van der Waals surface area contributed by atoms with Gasteiger partial charge in [-0.2, -0.15) is 0 Å². The zero-order valence-corrected chi connectivity index (χ0v) is 12.2. The number of hydrogen-bond acceptors (Lipinski definition) is 2. The van der Waals surface area contributed by atoms with Gasteiger partial charge in [-0.3, -0.25) is 4.79 Å². The van der Waals surface area contributed by atoms with Crippen LogP contribution in [0.15, 0.2) is 24.3 Å². The average Bonchev–Trinajstić information content (AvgIpc) is 2.38. The summed E-state index contributed by atoms with van der Waals surface area (Å²) in [6, 6.07) is 7.46. The predicted octanol–water partition coefficient (Wildman–Crippen LogP) is 3.51. The third kappa shape index (κ3) is 3.63. The molecule has 4 heteroatoms. The maximum Gasteiger partial charge on any atom is 0.263 e. The largest absolute Gasteiger partial charge is 0.481 e. The van der Waals surface area contributed by atoms with Crippen LogP contribution in [-0.4, -0.2) is 29.5 Å². The molecular formula is C15H20ClNO2. The first kappa shape index (κ1) is 14.2. The third-order valence-electron chi connectivity index (χ3n) is 3.54. The third-order valence-corrected chi connectivity index (χ3v) is 3.78. The Morgan fingerprint density at radius 2 is 2.26 bits per heavy atom. The van der Waals surface area contributed by atoms with Gasteiger partial charge in [-0.05, 0) is 51.3 Å². The van der Waals surface area contributed by atoms with Crippen LogP contribution in [0.25, 0.3) is 0 Å². The number of ether oxygens (including phenoxy) is 1. The second-order valence-corrected chi connectivity index (χ2v) is 5.53. The molecule has 3 nitrogen and oxygen atoms in total. The van der Waals surface area contributed by atoms with Crippen molar-refractivity contribution < 1.29 is 9.53 Å². The van der Waals surface area contributed by atoms with Crippen LogP contribution < -0.4 is 4.74 Å². The lowest BCUT2D eigenvalue weighted by Gasteiger charge is -2.35. The Hall–Kier alpha value is -1.22. The molecule has 0 N–H and O–H groups in total. The number of piperidine rings is 1. The van der Waals surface area contributed by atoms with Crippen LogP contribution in [0.3, 0.4) is 0 Å². The molecule has 2 unspecified atom stereocenters. The predicted molar refractivity (Wildman–Crippen MR) is 76.6 cm³/mol. The van der Waals surface area contributed by atoms with Gasteiger partial charge in [0.25, 0.3) is 5.91 Å². The number of rotatable bonds is 3. The highest BCUT2D eigenvalue weighted by Crippen LogP contribution is 2.21. The van der Waals surface area contributed by atoms with Crippen LogP contribution in [0.4, 0.5) is 0 Å². The van der Waals surface area contributed by atoms with Gasteiger partial charge in [0, 0.05) is 17.6 Å². The van der Waals surface area contributed by atoms with Gasteiger partial charge >= 0.3 is 0 Å². The molecule has 1 aromatic rings. The molecule has 1 aromatic carbocycles. The summed E-state index contributed by atoms with van der Waals surface area (Å²) in [5.74, 6) is 0.699. The van der Waals surface area contributed by atoms with Crippen molar-refractivity contribution in [3.05, 3.63) is 29.3 Å². The highest BCUT2D eigenvalue weighted by molar-refractivity contribution is 6.30. The maximum absolute atomic E-state index is 12.4. The van der Waals surface area contributed by atoms with Crippen LogP contribution in [0, 0.1) is 0 Å². The summed E-state index contributed by atoms with van der Waals surface area (Å²) in [7, 11) is 0. The number of hydrogen-bond donors (Lipinski definition) is 0. The van der Waals surface area contributed by atoms with Crippen molar-refractivity contribution >= 4 is 17.5 Å². The second kappa shape index (κ2) is 6.29. The molecular weight excluding hydrogens is 262 g/mol. The minimum atomic E-state index is -0.473. The van der Waals surface area contributed by atoms with Crippen molar-refractivity contribution in [1.82, 2.24) is 4.90 Å². The molecule has 1 saturated heterocycles. The van der Waals surface area contributed by atoms with Gasteiger partial charge in [-0.1, -0.05) is 17.7 Å². The van der Waals surface area contributed by atoms with Crippen molar-refractivity contribution in [2.75, 3.05) is 6.54 Å². The molecule has 0 aliphatic carbocycles. The fourth-order valence-electron chi connectivity index (χ4n) is 2.45. The minimum Gasteiger partial charge on any atom is -0.481 e. The number of nitrogens with zero attached hydrogens (tertiary/aromatic N) is 1. The molecule has 2 atom stereocenters. The van der Waals surface area contributed by atoms with E-state index >= 15 is 0 Å². The monoisotopic (exact) mass is 281 g/mol. The van der Waals surface area contributed by atoms with E-state index in [1.807, 2.05) is 17.0 Å². The lowest BCUT2D eigenvalue weighted by molar-refractivity contribution is -0.141. The molecule has 0 radical (unpaired) electrons. The van der Waals surface area contributed by atoms with Crippen LogP contribution in [0.2, 0.25) is 5.02 Å². The first-order valence-electron chi connectivity index (χ1n) is 6.80. The van der Waals surface area contributed by atoms with E-state index < -0.39 is 6.10 Å². The van der Waals surface area contributed by atoms with Gasteiger partial charge in [0.15, 0.2) is 6.10 Å². The van der Waals surface area contributed by atoms with Crippen molar-refractivity contribution in [3.63, 3.8) is 0 Å². The number of amides is 1. The lowest BCUT2D eigenvalue weighted by atomic mass is 10.0. The SMILES string of the molecule is CC(Oc1cccc(Cl)c1)C(=O)N1CCCCC1C. The van der Waals surface area contributed by atoms with E-state index in [4.69, 9.17) is 16.3 Å². The van der Waals surface area contributed by atoms with Crippen LogP contribution in [-0.2, 0) is 4.79 Å². The Bertz CT molecular complexity index is 450. The summed E-state index contributed by atoms with van der Waals surface area (Å²) >= 11 is 5.90. The fourth-order valence-corrected chi connectivity index (χ4v) is 2.63. The van der Waals surface area contributed by atoms with Crippen molar-refractivity contribution in [1.29, 1.82) is 0 Å². The van der Waals surface area contributed by atoms with Gasteiger partial charge in [-0.15, -0.1) is 0 Å². The number of halogens is 1. The Morgan fingerprint density at radius 1 is 1.47 bits per heavy atom. The van der Waals surface area contributed by atoms with E-state index in [0.29, 0.717) is 16.8 Å². The molecule has 104 valence electrons. The Morgan fingerprint density at radius 3 is 2.95 bits per heavy atom. The van der Waals surface area contributed by atoms with Crippen LogP contribution >= 0.6 is 11.6 Å². The smallest absolute Gasteiger partial charge is 0.263 e. The number of carbonyl (C=O) groups excluding carboxylic acids is 1. The first-order valence-corrected chi connectivity index (χ1v) is 7.18. The summed E-state index contributed by atoms with van der Waals surface area (Å²) in [5, 5.41) is 0.614. The van der Waals surface area contributed by atoms with Gasteiger partial charge in [-0.25, -0.2) is 0 Å². The standard InChI is InChI=1S/C15H20ClNO2/c1-11-6-3-4-9-17(11)15(18)12(2)19-14-8-5-7-13(16)10-14/h5,7-8,10-12H,3-4,6,9H2,1-2H3. The van der Waals surface area contributed by atoms with E-state index in [1.54, 1.807) is 19.1 Å². The number of benzene rings is 1. The summed E-state index contributed by atoms with van der Waals surface area (Å²) in [5.41, 5.74) is 0. The normalized spacial score (nSPS) is 21.0. The van der Waals surface area contributed by atoms with Crippen LogP contribution in [0.5, 0.6) is 5.75 Å². The fraction of sp³-hybridized carbons (Fsp3) is 0.533. The molecule has 0 aromatic heterocycles. The van der Waals surface area contributed by atoms with Gasteiger partial charge < -0.3 is 9.64 Å². The summed E-state index contributed by atoms with van der Waals surface area (Å²) in [6.45, 7) is 4.73. The molecule has 0 bridgehead atoms. The molecule has 1 amide bonds. The van der Waals surface area contributed by atoms with Gasteiger partial charge in [0.05, 0.1) is 0 Å². The van der Waals surface area contributed by atoms with E-state index in [-0.39, 0.29) is 5.91 Å². The quantitative estimate of drug-likeness (QED) is 0.848. The molecule has 1 aliphatic heterocycles. The topological polar surface area (TPSA) is 29.5 Å². The van der Waals surface area contributed by atoms with Crippen LogP contribution in [0.1, 0.15) is 33.1 Å². The Kier molecular flexibility index (Phi) is 4.70.